The van der Waals surface area contributed by atoms with E-state index in [1.54, 1.807) is 6.07 Å². The Hall–Kier alpha value is -1.35. The van der Waals surface area contributed by atoms with Gasteiger partial charge in [-0.25, -0.2) is 0 Å². The molecule has 20 heavy (non-hydrogen) atoms. The molecule has 2 N–H and O–H groups in total. The molecule has 0 amide bonds. The van der Waals surface area contributed by atoms with Crippen LogP contribution in [0.2, 0.25) is 0 Å². The van der Waals surface area contributed by atoms with Gasteiger partial charge in [-0.15, -0.1) is 0 Å². The zero-order valence-electron chi connectivity index (χ0n) is 12.3. The molecule has 1 aliphatic rings. The number of rotatable bonds is 5. The van der Waals surface area contributed by atoms with E-state index in [0.717, 1.165) is 30.4 Å². The maximum absolute atomic E-state index is 11.2. The molecule has 1 aliphatic carbocycles. The summed E-state index contributed by atoms with van der Waals surface area (Å²) in [6, 6.07) is 5.49. The highest BCUT2D eigenvalue weighted by Crippen LogP contribution is 2.30. The van der Waals surface area contributed by atoms with Crippen LogP contribution in [0.15, 0.2) is 18.2 Å². The molecule has 1 saturated carbocycles. The summed E-state index contributed by atoms with van der Waals surface area (Å²) in [6.07, 6.45) is 3.66. The Bertz CT molecular complexity index is 481. The number of aliphatic hydroxyl groups is 1. The molecule has 0 aliphatic heterocycles. The number of aliphatic hydroxyl groups excluding tert-OH is 1. The number of ketones is 1. The average Bonchev–Trinajstić information content (AvgIpc) is 2.84. The molecule has 3 atom stereocenters. The Morgan fingerprint density at radius 3 is 2.75 bits per heavy atom. The molecule has 0 radical (unpaired) electrons. The predicted molar refractivity (Wildman–Crippen MR) is 78.8 cm³/mol. The van der Waals surface area contributed by atoms with Gasteiger partial charge in [-0.1, -0.05) is 19.1 Å². The molecule has 1 fully saturated rings. The van der Waals surface area contributed by atoms with Gasteiger partial charge in [-0.2, -0.15) is 0 Å². The number of hydrogen-bond acceptors (Lipinski definition) is 3. The molecule has 0 saturated heterocycles. The van der Waals surface area contributed by atoms with Crippen molar-refractivity contribution in [1.29, 1.82) is 0 Å². The first-order chi connectivity index (χ1) is 9.47. The minimum Gasteiger partial charge on any atom is -0.508 e. The van der Waals surface area contributed by atoms with Crippen molar-refractivity contribution >= 4 is 5.78 Å². The Labute approximate surface area is 120 Å². The van der Waals surface area contributed by atoms with E-state index < -0.39 is 6.10 Å². The van der Waals surface area contributed by atoms with Gasteiger partial charge in [0.1, 0.15) is 11.5 Å². The number of aryl methyl sites for hydroxylation is 1. The van der Waals surface area contributed by atoms with Crippen LogP contribution in [-0.2, 0) is 4.79 Å². The largest absolute Gasteiger partial charge is 0.508 e. The van der Waals surface area contributed by atoms with Crippen LogP contribution in [0, 0.1) is 12.8 Å². The van der Waals surface area contributed by atoms with Gasteiger partial charge in [-0.05, 0) is 49.3 Å². The SMILES string of the molecule is Cc1cc(C(C)C(O)CC[C@H]2CCC(=O)C2)ccc1O. The summed E-state index contributed by atoms with van der Waals surface area (Å²) in [5.41, 5.74) is 1.89. The first kappa shape index (κ1) is 15.0. The predicted octanol–water partition coefficient (Wildman–Crippen LogP) is 3.31. The fourth-order valence-electron chi connectivity index (χ4n) is 2.98. The average molecular weight is 276 g/mol. The van der Waals surface area contributed by atoms with Gasteiger partial charge in [0.2, 0.25) is 0 Å². The van der Waals surface area contributed by atoms with Crippen molar-refractivity contribution in [1.82, 2.24) is 0 Å². The Morgan fingerprint density at radius 1 is 1.40 bits per heavy atom. The molecule has 0 bridgehead atoms. The highest BCUT2D eigenvalue weighted by Gasteiger charge is 2.24. The first-order valence-corrected chi connectivity index (χ1v) is 7.46. The topological polar surface area (TPSA) is 57.5 Å². The maximum Gasteiger partial charge on any atom is 0.133 e. The van der Waals surface area contributed by atoms with Crippen molar-refractivity contribution in [3.8, 4) is 5.75 Å². The lowest BCUT2D eigenvalue weighted by atomic mass is 9.89. The van der Waals surface area contributed by atoms with Crippen molar-refractivity contribution in [3.05, 3.63) is 29.3 Å². The number of carbonyl (C=O) groups excluding carboxylic acids is 1. The summed E-state index contributed by atoms with van der Waals surface area (Å²) >= 11 is 0. The lowest BCUT2D eigenvalue weighted by molar-refractivity contribution is -0.117. The van der Waals surface area contributed by atoms with E-state index in [4.69, 9.17) is 0 Å². The number of phenols is 1. The molecule has 0 spiro atoms. The van der Waals surface area contributed by atoms with E-state index in [0.29, 0.717) is 30.3 Å². The normalized spacial score (nSPS) is 21.9. The second-order valence-corrected chi connectivity index (χ2v) is 6.13. The minimum atomic E-state index is -0.394. The van der Waals surface area contributed by atoms with Gasteiger partial charge >= 0.3 is 0 Å². The van der Waals surface area contributed by atoms with E-state index in [-0.39, 0.29) is 5.92 Å². The van der Waals surface area contributed by atoms with Crippen molar-refractivity contribution in [2.24, 2.45) is 5.92 Å². The van der Waals surface area contributed by atoms with Gasteiger partial charge in [0.25, 0.3) is 0 Å². The van der Waals surface area contributed by atoms with E-state index in [1.165, 1.54) is 0 Å². The van der Waals surface area contributed by atoms with Crippen LogP contribution in [-0.4, -0.2) is 22.1 Å². The Morgan fingerprint density at radius 2 is 2.15 bits per heavy atom. The van der Waals surface area contributed by atoms with Crippen LogP contribution < -0.4 is 0 Å². The molecule has 1 aromatic carbocycles. The molecule has 110 valence electrons. The van der Waals surface area contributed by atoms with E-state index in [9.17, 15) is 15.0 Å². The van der Waals surface area contributed by atoms with Gasteiger partial charge in [0.05, 0.1) is 6.10 Å². The third-order valence-electron chi connectivity index (χ3n) is 4.54. The fourth-order valence-corrected chi connectivity index (χ4v) is 2.98. The van der Waals surface area contributed by atoms with Crippen LogP contribution in [0.5, 0.6) is 5.75 Å². The number of phenolic OH excluding ortho intramolecular Hbond substituents is 1. The molecular formula is C17H24O3. The standard InChI is InChI=1S/C17H24O3/c1-11-9-14(5-8-16(11)19)12(2)17(20)7-4-13-3-6-15(18)10-13/h5,8-9,12-13,17,19-20H,3-4,6-7,10H2,1-2H3/t12?,13-,17?/m1/s1. The van der Waals surface area contributed by atoms with E-state index in [1.807, 2.05) is 26.0 Å². The molecule has 2 unspecified atom stereocenters. The van der Waals surface area contributed by atoms with Crippen molar-refractivity contribution in [2.75, 3.05) is 0 Å². The molecule has 0 aromatic heterocycles. The summed E-state index contributed by atoms with van der Waals surface area (Å²) < 4.78 is 0. The molecule has 3 nitrogen and oxygen atoms in total. The zero-order chi connectivity index (χ0) is 14.7. The smallest absolute Gasteiger partial charge is 0.133 e. The summed E-state index contributed by atoms with van der Waals surface area (Å²) in [4.78, 5) is 11.2. The van der Waals surface area contributed by atoms with Crippen LogP contribution in [0.3, 0.4) is 0 Å². The Kier molecular flexibility index (Phi) is 4.81. The lowest BCUT2D eigenvalue weighted by Gasteiger charge is -2.21. The summed E-state index contributed by atoms with van der Waals surface area (Å²) in [5.74, 6) is 1.17. The number of Topliss-reactive ketones (excluding diaryl/α,β-unsaturated/α-hetero) is 1. The van der Waals surface area contributed by atoms with Crippen LogP contribution >= 0.6 is 0 Å². The second kappa shape index (κ2) is 6.40. The van der Waals surface area contributed by atoms with Gasteiger partial charge in [0.15, 0.2) is 0 Å². The highest BCUT2D eigenvalue weighted by atomic mass is 16.3. The van der Waals surface area contributed by atoms with Crippen LogP contribution in [0.1, 0.15) is 56.1 Å². The molecule has 0 heterocycles. The van der Waals surface area contributed by atoms with Crippen molar-refractivity contribution < 1.29 is 15.0 Å². The molecular weight excluding hydrogens is 252 g/mol. The molecule has 2 rings (SSSR count). The summed E-state index contributed by atoms with van der Waals surface area (Å²) in [7, 11) is 0. The number of aromatic hydroxyl groups is 1. The van der Waals surface area contributed by atoms with Gasteiger partial charge in [-0.3, -0.25) is 4.79 Å². The summed E-state index contributed by atoms with van der Waals surface area (Å²) in [5, 5.41) is 19.9. The number of carbonyl (C=O) groups is 1. The molecule has 3 heteroatoms. The quantitative estimate of drug-likeness (QED) is 0.867. The highest BCUT2D eigenvalue weighted by molar-refractivity contribution is 5.80. The third kappa shape index (κ3) is 3.60. The first-order valence-electron chi connectivity index (χ1n) is 7.46. The Balaban J connectivity index is 1.89. The number of benzene rings is 1. The van der Waals surface area contributed by atoms with Gasteiger partial charge < -0.3 is 10.2 Å². The van der Waals surface area contributed by atoms with E-state index >= 15 is 0 Å². The summed E-state index contributed by atoms with van der Waals surface area (Å²) in [6.45, 7) is 3.87. The van der Waals surface area contributed by atoms with E-state index in [2.05, 4.69) is 0 Å². The number of hydrogen-bond donors (Lipinski definition) is 2. The van der Waals surface area contributed by atoms with Crippen LogP contribution in [0.25, 0.3) is 0 Å². The van der Waals surface area contributed by atoms with Crippen LogP contribution in [0.4, 0.5) is 0 Å². The fraction of sp³-hybridized carbons (Fsp3) is 0.588. The monoisotopic (exact) mass is 276 g/mol. The lowest BCUT2D eigenvalue weighted by Crippen LogP contribution is -2.17. The minimum absolute atomic E-state index is 0.0476. The third-order valence-corrected chi connectivity index (χ3v) is 4.54. The molecule has 1 aromatic rings. The van der Waals surface area contributed by atoms with Crippen molar-refractivity contribution in [3.63, 3.8) is 0 Å². The second-order valence-electron chi connectivity index (χ2n) is 6.13. The van der Waals surface area contributed by atoms with Crippen molar-refractivity contribution in [2.45, 2.75) is 58.0 Å². The maximum atomic E-state index is 11.2. The van der Waals surface area contributed by atoms with Gasteiger partial charge in [0, 0.05) is 18.8 Å². The zero-order valence-corrected chi connectivity index (χ0v) is 12.3.